The molecule has 0 bridgehead atoms. The van der Waals surface area contributed by atoms with E-state index < -0.39 is 0 Å². The average molecular weight is 349 g/mol. The Hall–Kier alpha value is -3.22. The first-order valence-electron chi connectivity index (χ1n) is 8.24. The normalized spacial score (nSPS) is 16.4. The molecule has 0 saturated heterocycles. The summed E-state index contributed by atoms with van der Waals surface area (Å²) in [6, 6.07) is 4.57. The maximum absolute atomic E-state index is 14.0. The van der Waals surface area contributed by atoms with Crippen LogP contribution in [0.5, 0.6) is 0 Å². The molecule has 1 aliphatic carbocycles. The lowest BCUT2D eigenvalue weighted by Crippen LogP contribution is -2.23. The first-order chi connectivity index (χ1) is 12.5. The highest BCUT2D eigenvalue weighted by Crippen LogP contribution is 2.38. The Morgan fingerprint density at radius 2 is 1.92 bits per heavy atom. The van der Waals surface area contributed by atoms with Crippen LogP contribution in [0.4, 0.5) is 10.3 Å². The van der Waals surface area contributed by atoms with Crippen LogP contribution in [0.15, 0.2) is 36.9 Å². The number of ketones is 1. The first-order valence-corrected chi connectivity index (χ1v) is 8.24. The van der Waals surface area contributed by atoms with Gasteiger partial charge in [-0.2, -0.15) is 0 Å². The van der Waals surface area contributed by atoms with Gasteiger partial charge in [0.15, 0.2) is 5.78 Å². The summed E-state index contributed by atoms with van der Waals surface area (Å²) >= 11 is 0. The topological polar surface area (TPSA) is 94.7 Å². The van der Waals surface area contributed by atoms with E-state index in [1.165, 1.54) is 18.5 Å². The Morgan fingerprint density at radius 1 is 1.15 bits per heavy atom. The minimum atomic E-state index is -0.350. The van der Waals surface area contributed by atoms with Gasteiger partial charge in [-0.05, 0) is 42.5 Å². The molecule has 2 heterocycles. The van der Waals surface area contributed by atoms with Crippen molar-refractivity contribution in [1.82, 2.24) is 19.9 Å². The highest BCUT2D eigenvalue weighted by molar-refractivity contribution is 6.00. The lowest BCUT2D eigenvalue weighted by atomic mass is 9.79. The molecule has 3 aromatic rings. The molecule has 0 amide bonds. The van der Waals surface area contributed by atoms with Crippen LogP contribution in [0.3, 0.4) is 0 Å². The SMILES string of the molecule is Cc1nc(N)nc2c1C(=O)CC(c1cc(F)ccc1-c1cncnc1)C2. The molecule has 4 rings (SSSR count). The maximum Gasteiger partial charge on any atom is 0.220 e. The number of rotatable bonds is 2. The predicted molar refractivity (Wildman–Crippen MR) is 94.0 cm³/mol. The molecule has 2 aromatic heterocycles. The molecule has 0 radical (unpaired) electrons. The van der Waals surface area contributed by atoms with Crippen LogP contribution in [0, 0.1) is 12.7 Å². The van der Waals surface area contributed by atoms with Gasteiger partial charge in [0.2, 0.25) is 5.95 Å². The van der Waals surface area contributed by atoms with E-state index in [0.717, 1.165) is 16.7 Å². The van der Waals surface area contributed by atoms with Gasteiger partial charge in [-0.1, -0.05) is 6.07 Å². The van der Waals surface area contributed by atoms with Gasteiger partial charge in [0, 0.05) is 24.4 Å². The smallest absolute Gasteiger partial charge is 0.220 e. The van der Waals surface area contributed by atoms with E-state index in [9.17, 15) is 9.18 Å². The van der Waals surface area contributed by atoms with E-state index in [0.29, 0.717) is 23.4 Å². The van der Waals surface area contributed by atoms with Crippen LogP contribution in [0.2, 0.25) is 0 Å². The van der Waals surface area contributed by atoms with Crippen molar-refractivity contribution in [3.63, 3.8) is 0 Å². The van der Waals surface area contributed by atoms with Crippen molar-refractivity contribution < 1.29 is 9.18 Å². The van der Waals surface area contributed by atoms with Crippen LogP contribution in [-0.2, 0) is 6.42 Å². The molecule has 130 valence electrons. The van der Waals surface area contributed by atoms with Crippen LogP contribution < -0.4 is 5.73 Å². The van der Waals surface area contributed by atoms with Crippen LogP contribution >= 0.6 is 0 Å². The van der Waals surface area contributed by atoms with Crippen molar-refractivity contribution in [2.24, 2.45) is 0 Å². The third-order valence-corrected chi connectivity index (χ3v) is 4.66. The van der Waals surface area contributed by atoms with Gasteiger partial charge in [0.1, 0.15) is 12.1 Å². The van der Waals surface area contributed by atoms with Crippen molar-refractivity contribution in [3.8, 4) is 11.1 Å². The third-order valence-electron chi connectivity index (χ3n) is 4.66. The van der Waals surface area contributed by atoms with E-state index in [1.54, 1.807) is 25.4 Å². The predicted octanol–water partition coefficient (Wildman–Crippen LogP) is 2.88. The monoisotopic (exact) mass is 349 g/mol. The van der Waals surface area contributed by atoms with Gasteiger partial charge >= 0.3 is 0 Å². The number of anilines is 1. The minimum absolute atomic E-state index is 0.0479. The van der Waals surface area contributed by atoms with Gasteiger partial charge in [0.05, 0.1) is 17.0 Å². The highest BCUT2D eigenvalue weighted by atomic mass is 19.1. The van der Waals surface area contributed by atoms with E-state index >= 15 is 0 Å². The largest absolute Gasteiger partial charge is 0.368 e. The number of benzene rings is 1. The summed E-state index contributed by atoms with van der Waals surface area (Å²) in [6.45, 7) is 1.75. The number of nitrogen functional groups attached to an aromatic ring is 1. The Balaban J connectivity index is 1.82. The third kappa shape index (κ3) is 2.81. The molecule has 2 N–H and O–H groups in total. The number of carbonyl (C=O) groups is 1. The molecule has 1 aromatic carbocycles. The first kappa shape index (κ1) is 16.3. The van der Waals surface area contributed by atoms with Gasteiger partial charge in [-0.3, -0.25) is 4.79 Å². The zero-order chi connectivity index (χ0) is 18.3. The zero-order valence-corrected chi connectivity index (χ0v) is 14.1. The minimum Gasteiger partial charge on any atom is -0.368 e. The van der Waals surface area contributed by atoms with Crippen LogP contribution in [-0.4, -0.2) is 25.7 Å². The Kier molecular flexibility index (Phi) is 3.91. The van der Waals surface area contributed by atoms with Crippen molar-refractivity contribution in [2.45, 2.75) is 25.7 Å². The Morgan fingerprint density at radius 3 is 2.69 bits per heavy atom. The van der Waals surface area contributed by atoms with Gasteiger partial charge in [0.25, 0.3) is 0 Å². The fourth-order valence-electron chi connectivity index (χ4n) is 3.59. The second kappa shape index (κ2) is 6.25. The summed E-state index contributed by atoms with van der Waals surface area (Å²) in [4.78, 5) is 29.1. The Bertz CT molecular complexity index is 1010. The number of Topliss-reactive ketones (excluding diaryl/α,β-unsaturated/α-hetero) is 1. The Labute approximate surface area is 149 Å². The van der Waals surface area contributed by atoms with E-state index in [2.05, 4.69) is 19.9 Å². The van der Waals surface area contributed by atoms with E-state index in [4.69, 9.17) is 5.73 Å². The zero-order valence-electron chi connectivity index (χ0n) is 14.1. The van der Waals surface area contributed by atoms with Crippen LogP contribution in [0.1, 0.15) is 39.6 Å². The molecule has 26 heavy (non-hydrogen) atoms. The number of nitrogens with zero attached hydrogens (tertiary/aromatic N) is 4. The maximum atomic E-state index is 14.0. The summed E-state index contributed by atoms with van der Waals surface area (Å²) in [7, 11) is 0. The van der Waals surface area contributed by atoms with Crippen molar-refractivity contribution >= 4 is 11.7 Å². The summed E-state index contributed by atoms with van der Waals surface area (Å²) in [5.74, 6) is -0.453. The molecule has 1 atom stereocenters. The highest BCUT2D eigenvalue weighted by Gasteiger charge is 2.31. The summed E-state index contributed by atoms with van der Waals surface area (Å²) in [5.41, 5.74) is 9.83. The lowest BCUT2D eigenvalue weighted by Gasteiger charge is -2.26. The van der Waals surface area contributed by atoms with Crippen molar-refractivity contribution in [3.05, 3.63) is 65.3 Å². The number of nitrogens with two attached hydrogens (primary N) is 1. The van der Waals surface area contributed by atoms with Gasteiger partial charge < -0.3 is 5.73 Å². The number of carbonyl (C=O) groups excluding carboxylic acids is 1. The molecule has 1 unspecified atom stereocenters. The number of aryl methyl sites for hydroxylation is 1. The second-order valence-corrected chi connectivity index (χ2v) is 6.38. The van der Waals surface area contributed by atoms with Crippen molar-refractivity contribution in [1.29, 1.82) is 0 Å². The number of aromatic nitrogens is 4. The molecule has 0 spiro atoms. The molecule has 6 nitrogen and oxygen atoms in total. The lowest BCUT2D eigenvalue weighted by molar-refractivity contribution is 0.0962. The molecule has 0 fully saturated rings. The molecule has 1 aliphatic rings. The molecule has 0 saturated carbocycles. The van der Waals surface area contributed by atoms with Gasteiger partial charge in [-0.15, -0.1) is 0 Å². The molecular weight excluding hydrogens is 333 g/mol. The summed E-state index contributed by atoms with van der Waals surface area (Å²) in [6.07, 6.45) is 5.55. The van der Waals surface area contributed by atoms with Crippen LogP contribution in [0.25, 0.3) is 11.1 Å². The van der Waals surface area contributed by atoms with Crippen molar-refractivity contribution in [2.75, 3.05) is 5.73 Å². The average Bonchev–Trinajstić information content (AvgIpc) is 2.61. The number of hydrogen-bond donors (Lipinski definition) is 1. The quantitative estimate of drug-likeness (QED) is 0.764. The fourth-order valence-corrected chi connectivity index (χ4v) is 3.59. The molecule has 0 aliphatic heterocycles. The summed E-state index contributed by atoms with van der Waals surface area (Å²) in [5, 5.41) is 0. The molecular formula is C19H16FN5O. The van der Waals surface area contributed by atoms with Gasteiger partial charge in [-0.25, -0.2) is 24.3 Å². The van der Waals surface area contributed by atoms with E-state index in [1.807, 2.05) is 0 Å². The number of fused-ring (bicyclic) bond motifs is 1. The standard InChI is InChI=1S/C19H16FN5O/c1-10-18-16(25-19(21)24-10)4-11(5-17(18)26)15-6-13(20)2-3-14(15)12-7-22-9-23-8-12/h2-3,6-9,11H,4-5H2,1H3,(H2,21,24,25). The summed E-state index contributed by atoms with van der Waals surface area (Å²) < 4.78 is 14.0. The fraction of sp³-hybridized carbons (Fsp3) is 0.211. The number of hydrogen-bond acceptors (Lipinski definition) is 6. The number of halogens is 1. The molecule has 7 heteroatoms. The second-order valence-electron chi connectivity index (χ2n) is 6.38. The van der Waals surface area contributed by atoms with E-state index in [-0.39, 0.29) is 29.9 Å².